The first-order valence-corrected chi connectivity index (χ1v) is 18.2. The molecule has 3 saturated heterocycles. The van der Waals surface area contributed by atoms with Gasteiger partial charge in [-0.25, -0.2) is 9.37 Å². The lowest BCUT2D eigenvalue weighted by Gasteiger charge is -2.27. The second-order valence-electron chi connectivity index (χ2n) is 10.2. The van der Waals surface area contributed by atoms with Gasteiger partial charge in [0.25, 0.3) is 5.56 Å². The fourth-order valence-corrected chi connectivity index (χ4v) is 8.25. The molecule has 2 unspecified atom stereocenters. The number of pyridine rings is 1. The van der Waals surface area contributed by atoms with E-state index in [1.165, 1.54) is 10.8 Å². The Hall–Kier alpha value is -2.52. The zero-order valence-corrected chi connectivity index (χ0v) is 25.6. The largest absolute Gasteiger partial charge is 0.398 e. The molecule has 3 aliphatic rings. The maximum absolute atomic E-state index is 16.0. The lowest BCUT2D eigenvalue weighted by Crippen LogP contribution is -2.34. The van der Waals surface area contributed by atoms with Crippen LogP contribution in [0.5, 0.6) is 0 Å². The first-order valence-electron chi connectivity index (χ1n) is 13.0. The average Bonchev–Trinajstić information content (AvgIpc) is 3.72. The fraction of sp³-hybridized carbons (Fsp3) is 0.476. The van der Waals surface area contributed by atoms with Crippen molar-refractivity contribution < 1.29 is 41.7 Å². The van der Waals surface area contributed by atoms with Gasteiger partial charge in [-0.2, -0.15) is 9.67 Å². The van der Waals surface area contributed by atoms with E-state index in [-0.39, 0.29) is 30.1 Å². The van der Waals surface area contributed by atoms with Gasteiger partial charge in [0.15, 0.2) is 29.8 Å². The molecule has 0 radical (unpaired) electrons. The lowest BCUT2D eigenvalue weighted by atomic mass is 10.1. The third-order valence-electron chi connectivity index (χ3n) is 7.28. The number of H-pyrrole nitrogens is 1. The Kier molecular flexibility index (Phi) is 7.59. The van der Waals surface area contributed by atoms with E-state index >= 15 is 4.39 Å². The molecule has 9 atom stereocenters. The summed E-state index contributed by atoms with van der Waals surface area (Å²) in [7, 11) is 0. The molecule has 3 fully saturated rings. The molecule has 7 N–H and O–H groups in total. The maximum atomic E-state index is 16.0. The minimum atomic E-state index is -4.11. The lowest BCUT2D eigenvalue weighted by molar-refractivity contribution is -0.0636. The number of nitrogens with zero attached hydrogens (tertiary/aromatic N) is 6. The van der Waals surface area contributed by atoms with Crippen LogP contribution < -0.4 is 17.0 Å². The predicted molar refractivity (Wildman–Crippen MR) is 156 cm³/mol. The molecule has 236 valence electrons. The number of nitrogens with one attached hydrogen (secondary N) is 1. The number of hydrogen-bond donors (Lipinski definition) is 5. The highest BCUT2D eigenvalue weighted by molar-refractivity contribution is 8.07. The van der Waals surface area contributed by atoms with Crippen LogP contribution in [0.3, 0.4) is 0 Å². The molecule has 44 heavy (non-hydrogen) atoms. The molecule has 7 heterocycles. The molecule has 23 heteroatoms. The van der Waals surface area contributed by atoms with Gasteiger partial charge in [0.1, 0.15) is 24.0 Å². The van der Waals surface area contributed by atoms with Crippen molar-refractivity contribution in [2.75, 3.05) is 24.7 Å². The molecule has 7 rings (SSSR count). The molecule has 0 saturated carbocycles. The Morgan fingerprint density at radius 2 is 1.82 bits per heavy atom. The number of nitrogens with two attached hydrogens (primary N) is 2. The molecule has 2 bridgehead atoms. The van der Waals surface area contributed by atoms with Crippen LogP contribution in [0.1, 0.15) is 18.9 Å². The summed E-state index contributed by atoms with van der Waals surface area (Å²) in [6, 6.07) is 3.26. The first kappa shape index (κ1) is 30.2. The number of alkyl halides is 1. The van der Waals surface area contributed by atoms with Gasteiger partial charge in [0.05, 0.1) is 19.3 Å². The molecule has 4 aromatic rings. The van der Waals surface area contributed by atoms with Gasteiger partial charge >= 0.3 is 13.4 Å². The predicted octanol–water partition coefficient (Wildman–Crippen LogP) is 0.503. The molecular formula is C21H24FN9O9P2S2. The Morgan fingerprint density at radius 1 is 1.05 bits per heavy atom. The Bertz CT molecular complexity index is 1910. The summed E-state index contributed by atoms with van der Waals surface area (Å²) in [6.45, 7) is -9.03. The summed E-state index contributed by atoms with van der Waals surface area (Å²) in [5.41, 5.74) is 11.7. The van der Waals surface area contributed by atoms with Gasteiger partial charge in [-0.3, -0.25) is 14.3 Å². The molecule has 0 amide bonds. The van der Waals surface area contributed by atoms with E-state index in [2.05, 4.69) is 25.3 Å². The topological polar surface area (TPSA) is 242 Å². The highest BCUT2D eigenvalue weighted by Gasteiger charge is 2.51. The molecule has 0 aromatic carbocycles. The van der Waals surface area contributed by atoms with Crippen LogP contribution in [0.4, 0.5) is 16.0 Å². The normalized spacial score (nSPS) is 36.6. The minimum absolute atomic E-state index is 0.0219. The SMILES string of the molecule is Nc1nc2c(nnn2[C@@H]2O[C@@H]3COP(O)(=S)O[C@H]4[C@H](F)[C@H](n5ccc6c(N)ccnc65)O[C@@H]4COP(O)(=S)O[C@@H]2C3)c(=O)[nH]1. The van der Waals surface area contributed by atoms with Crippen molar-refractivity contribution in [3.05, 3.63) is 34.9 Å². The number of aromatic nitrogens is 7. The molecule has 18 nitrogen and oxygen atoms in total. The van der Waals surface area contributed by atoms with Crippen LogP contribution in [-0.2, 0) is 51.2 Å². The summed E-state index contributed by atoms with van der Waals surface area (Å²) in [5.74, 6) is -0.194. The van der Waals surface area contributed by atoms with Crippen molar-refractivity contribution in [1.29, 1.82) is 0 Å². The van der Waals surface area contributed by atoms with Crippen molar-refractivity contribution in [2.45, 2.75) is 49.5 Å². The van der Waals surface area contributed by atoms with Gasteiger partial charge in [-0.1, -0.05) is 5.21 Å². The molecule has 0 spiro atoms. The summed E-state index contributed by atoms with van der Waals surface area (Å²) in [6.07, 6.45) is -5.86. The fourth-order valence-electron chi connectivity index (χ4n) is 5.35. The van der Waals surface area contributed by atoms with Crippen LogP contribution in [0, 0.1) is 0 Å². The van der Waals surface area contributed by atoms with Crippen LogP contribution in [0.15, 0.2) is 29.3 Å². The van der Waals surface area contributed by atoms with E-state index in [0.29, 0.717) is 16.7 Å². The summed E-state index contributed by atoms with van der Waals surface area (Å²) < 4.78 is 53.2. The van der Waals surface area contributed by atoms with Crippen LogP contribution >= 0.6 is 13.4 Å². The van der Waals surface area contributed by atoms with Gasteiger partial charge in [-0.15, -0.1) is 5.10 Å². The third kappa shape index (κ3) is 5.46. The van der Waals surface area contributed by atoms with Crippen molar-refractivity contribution in [2.24, 2.45) is 0 Å². The second-order valence-corrected chi connectivity index (χ2v) is 15.7. The minimum Gasteiger partial charge on any atom is -0.398 e. The number of halogens is 1. The van der Waals surface area contributed by atoms with E-state index in [0.717, 1.165) is 4.68 Å². The number of rotatable bonds is 2. The van der Waals surface area contributed by atoms with Crippen molar-refractivity contribution in [3.63, 3.8) is 0 Å². The zero-order valence-electron chi connectivity index (χ0n) is 22.2. The highest BCUT2D eigenvalue weighted by atomic mass is 32.5. The second kappa shape index (κ2) is 11.1. The van der Waals surface area contributed by atoms with Gasteiger partial charge in [0, 0.05) is 29.9 Å². The zero-order chi connectivity index (χ0) is 31.0. The summed E-state index contributed by atoms with van der Waals surface area (Å²) in [5, 5.41) is 8.37. The Balaban J connectivity index is 1.19. The first-order chi connectivity index (χ1) is 20.9. The highest BCUT2D eigenvalue weighted by Crippen LogP contribution is 2.54. The van der Waals surface area contributed by atoms with Gasteiger partial charge < -0.3 is 48.9 Å². The Labute approximate surface area is 255 Å². The average molecular weight is 692 g/mol. The van der Waals surface area contributed by atoms with Crippen molar-refractivity contribution in [3.8, 4) is 0 Å². The molecular weight excluding hydrogens is 667 g/mol. The number of nitrogen functional groups attached to an aromatic ring is 2. The third-order valence-corrected chi connectivity index (χ3v) is 10.4. The maximum Gasteiger partial charge on any atom is 0.325 e. The quantitative estimate of drug-likeness (QED) is 0.180. The smallest absolute Gasteiger partial charge is 0.325 e. The van der Waals surface area contributed by atoms with E-state index in [9.17, 15) is 14.6 Å². The number of hydrogen-bond acceptors (Lipinski definition) is 15. The van der Waals surface area contributed by atoms with Crippen molar-refractivity contribution in [1.82, 2.24) is 34.5 Å². The molecule has 3 aliphatic heterocycles. The molecule has 4 aromatic heterocycles. The Morgan fingerprint density at radius 3 is 2.64 bits per heavy atom. The van der Waals surface area contributed by atoms with E-state index in [4.69, 9.17) is 62.6 Å². The number of anilines is 2. The number of fused-ring (bicyclic) bond motifs is 5. The number of ether oxygens (including phenoxy) is 2. The van der Waals surface area contributed by atoms with E-state index < -0.39 is 68.6 Å². The van der Waals surface area contributed by atoms with E-state index in [1.807, 2.05) is 0 Å². The van der Waals surface area contributed by atoms with Gasteiger partial charge in [0.2, 0.25) is 5.95 Å². The molecule has 0 aliphatic carbocycles. The van der Waals surface area contributed by atoms with Crippen LogP contribution in [0.25, 0.3) is 22.2 Å². The van der Waals surface area contributed by atoms with Gasteiger partial charge in [-0.05, 0) is 35.7 Å². The summed E-state index contributed by atoms with van der Waals surface area (Å²) >= 11 is 10.5. The van der Waals surface area contributed by atoms with Crippen LogP contribution in [-0.4, -0.2) is 88.1 Å². The number of aromatic amines is 1. The standard InChI is InChI=1S/C21H24FN9O9P2S2/c22-13-15-12(38-20(13)30-4-2-9-10(23)1-3-25-16(9)30)7-36-41(33,43)39-11-5-8(6-35-42(34,44)40-15)37-19(11)31-17-14(28-29-31)18(32)27-21(24)26-17/h1-4,8,11-13,15,19-20H,5-7H2,(H2,23,25)(H,33,43)(H,34,44)(H3,24,26,27,32)/t8-,11+,12+,13-,15+,19+,20+,41?,42?/m0/s1. The van der Waals surface area contributed by atoms with Crippen molar-refractivity contribution >= 4 is 70.9 Å². The van der Waals surface area contributed by atoms with Crippen LogP contribution in [0.2, 0.25) is 0 Å². The monoisotopic (exact) mass is 691 g/mol. The van der Waals surface area contributed by atoms with E-state index in [1.54, 1.807) is 18.3 Å². The summed E-state index contributed by atoms with van der Waals surface area (Å²) in [4.78, 5) is 45.0.